The Labute approximate surface area is 147 Å². The molecule has 7 nitrogen and oxygen atoms in total. The molecule has 1 heterocycles. The third-order valence-electron chi connectivity index (χ3n) is 3.90. The predicted molar refractivity (Wildman–Crippen MR) is 95.6 cm³/mol. The van der Waals surface area contributed by atoms with Crippen LogP contribution >= 0.6 is 0 Å². The Morgan fingerprint density at radius 1 is 1.20 bits per heavy atom. The summed E-state index contributed by atoms with van der Waals surface area (Å²) in [5.74, 6) is -0.471. The van der Waals surface area contributed by atoms with E-state index in [1.165, 1.54) is 11.1 Å². The normalized spacial score (nSPS) is 10.4. The molecule has 0 aliphatic heterocycles. The van der Waals surface area contributed by atoms with Crippen molar-refractivity contribution < 1.29 is 14.3 Å². The number of nitrogens with one attached hydrogen (secondary N) is 2. The van der Waals surface area contributed by atoms with Crippen LogP contribution in [0.25, 0.3) is 0 Å². The second-order valence-electron chi connectivity index (χ2n) is 5.74. The molecule has 0 bridgehead atoms. The van der Waals surface area contributed by atoms with Gasteiger partial charge in [0.05, 0.1) is 30.2 Å². The first kappa shape index (κ1) is 18.5. The van der Waals surface area contributed by atoms with E-state index in [4.69, 9.17) is 4.74 Å². The number of rotatable bonds is 6. The fourth-order valence-corrected chi connectivity index (χ4v) is 2.50. The van der Waals surface area contributed by atoms with Crippen LogP contribution < -0.4 is 10.6 Å². The lowest BCUT2D eigenvalue weighted by atomic mass is 10.1. The second kappa shape index (κ2) is 8.32. The molecule has 0 atom stereocenters. The highest BCUT2D eigenvalue weighted by Crippen LogP contribution is 2.21. The van der Waals surface area contributed by atoms with Gasteiger partial charge in [-0.25, -0.2) is 4.79 Å². The molecular weight excluding hydrogens is 320 g/mol. The maximum atomic E-state index is 12.0. The molecule has 2 aromatic rings. The number of carbonyl (C=O) groups excluding carboxylic acids is 2. The number of nitrogens with zero attached hydrogens (tertiary/aromatic N) is 2. The number of hydrogen-bond donors (Lipinski definition) is 2. The van der Waals surface area contributed by atoms with E-state index in [0.29, 0.717) is 12.2 Å². The molecule has 0 spiro atoms. The second-order valence-corrected chi connectivity index (χ2v) is 5.74. The molecule has 1 aromatic heterocycles. The van der Waals surface area contributed by atoms with Gasteiger partial charge in [0.2, 0.25) is 0 Å². The fraction of sp³-hybridized carbons (Fsp3) is 0.389. The minimum atomic E-state index is -0.471. The zero-order chi connectivity index (χ0) is 18.4. The standard InChI is InChI=1S/C18H24N4O3/c1-5-25-16(23)10-19-18(24)20-17-13(3)21-22(14(17)4)11-15-9-7-6-8-12(15)2/h6-9H,5,10-11H2,1-4H3,(H2,19,20,24). The minimum absolute atomic E-state index is 0.172. The Hall–Kier alpha value is -2.83. The van der Waals surface area contributed by atoms with Crippen LogP contribution in [0, 0.1) is 20.8 Å². The van der Waals surface area contributed by atoms with Gasteiger partial charge in [-0.1, -0.05) is 24.3 Å². The number of aryl methyl sites for hydroxylation is 2. The van der Waals surface area contributed by atoms with Gasteiger partial charge in [-0.15, -0.1) is 0 Å². The highest BCUT2D eigenvalue weighted by Gasteiger charge is 2.15. The first-order valence-electron chi connectivity index (χ1n) is 8.21. The Morgan fingerprint density at radius 2 is 1.92 bits per heavy atom. The van der Waals surface area contributed by atoms with Gasteiger partial charge < -0.3 is 15.4 Å². The third kappa shape index (κ3) is 4.82. The summed E-state index contributed by atoms with van der Waals surface area (Å²) in [7, 11) is 0. The van der Waals surface area contributed by atoms with Crippen LogP contribution in [0.5, 0.6) is 0 Å². The van der Waals surface area contributed by atoms with Crippen LogP contribution in [-0.2, 0) is 16.1 Å². The van der Waals surface area contributed by atoms with Gasteiger partial charge in [0.15, 0.2) is 0 Å². The van der Waals surface area contributed by atoms with Crippen molar-refractivity contribution in [2.75, 3.05) is 18.5 Å². The van der Waals surface area contributed by atoms with E-state index in [1.807, 2.05) is 30.7 Å². The van der Waals surface area contributed by atoms with Gasteiger partial charge in [-0.05, 0) is 38.8 Å². The van der Waals surface area contributed by atoms with Gasteiger partial charge in [0.1, 0.15) is 6.54 Å². The summed E-state index contributed by atoms with van der Waals surface area (Å²) in [5.41, 5.74) is 4.59. The highest BCUT2D eigenvalue weighted by atomic mass is 16.5. The van der Waals surface area contributed by atoms with Gasteiger partial charge >= 0.3 is 12.0 Å². The minimum Gasteiger partial charge on any atom is -0.465 e. The number of urea groups is 1. The van der Waals surface area contributed by atoms with Crippen molar-refractivity contribution >= 4 is 17.7 Å². The van der Waals surface area contributed by atoms with Crippen LogP contribution in [0.1, 0.15) is 29.4 Å². The number of esters is 1. The monoisotopic (exact) mass is 344 g/mol. The van der Waals surface area contributed by atoms with E-state index < -0.39 is 12.0 Å². The lowest BCUT2D eigenvalue weighted by molar-refractivity contribution is -0.141. The molecule has 0 aliphatic rings. The molecule has 0 saturated heterocycles. The summed E-state index contributed by atoms with van der Waals surface area (Å²) < 4.78 is 6.63. The van der Waals surface area contributed by atoms with Crippen molar-refractivity contribution in [1.29, 1.82) is 0 Å². The van der Waals surface area contributed by atoms with E-state index in [1.54, 1.807) is 6.92 Å². The summed E-state index contributed by atoms with van der Waals surface area (Å²) >= 11 is 0. The molecule has 7 heteroatoms. The van der Waals surface area contributed by atoms with Gasteiger partial charge in [0, 0.05) is 0 Å². The SMILES string of the molecule is CCOC(=O)CNC(=O)Nc1c(C)nn(Cc2ccccc2C)c1C. The van der Waals surface area contributed by atoms with E-state index in [2.05, 4.69) is 34.8 Å². The van der Waals surface area contributed by atoms with E-state index in [9.17, 15) is 9.59 Å². The van der Waals surface area contributed by atoms with E-state index >= 15 is 0 Å². The average Bonchev–Trinajstić information content (AvgIpc) is 2.83. The van der Waals surface area contributed by atoms with Crippen molar-refractivity contribution in [3.05, 3.63) is 46.8 Å². The highest BCUT2D eigenvalue weighted by molar-refractivity contribution is 5.92. The largest absolute Gasteiger partial charge is 0.465 e. The molecule has 1 aromatic carbocycles. The smallest absolute Gasteiger partial charge is 0.325 e. The summed E-state index contributed by atoms with van der Waals surface area (Å²) in [6, 6.07) is 7.65. The number of carbonyl (C=O) groups is 2. The topological polar surface area (TPSA) is 85.2 Å². The number of amides is 2. The van der Waals surface area contributed by atoms with E-state index in [-0.39, 0.29) is 13.2 Å². The van der Waals surface area contributed by atoms with Crippen LogP contribution in [0.4, 0.5) is 10.5 Å². The van der Waals surface area contributed by atoms with Crippen molar-refractivity contribution in [3.63, 3.8) is 0 Å². The van der Waals surface area contributed by atoms with Crippen molar-refractivity contribution in [2.45, 2.75) is 34.2 Å². The number of benzene rings is 1. The quantitative estimate of drug-likeness (QED) is 0.789. The maximum Gasteiger partial charge on any atom is 0.325 e. The van der Waals surface area contributed by atoms with Gasteiger partial charge in [0.25, 0.3) is 0 Å². The molecule has 25 heavy (non-hydrogen) atoms. The zero-order valence-corrected chi connectivity index (χ0v) is 15.0. The number of ether oxygens (including phenoxy) is 1. The summed E-state index contributed by atoms with van der Waals surface area (Å²) in [6.45, 7) is 8.25. The Morgan fingerprint density at radius 3 is 2.60 bits per heavy atom. The Bertz CT molecular complexity index is 768. The molecule has 2 N–H and O–H groups in total. The summed E-state index contributed by atoms with van der Waals surface area (Å²) in [4.78, 5) is 23.3. The van der Waals surface area contributed by atoms with Crippen LogP contribution in [0.2, 0.25) is 0 Å². The molecule has 0 aliphatic carbocycles. The average molecular weight is 344 g/mol. The number of hydrogen-bond acceptors (Lipinski definition) is 4. The molecule has 0 fully saturated rings. The number of aromatic nitrogens is 2. The molecule has 2 amide bonds. The maximum absolute atomic E-state index is 12.0. The molecule has 2 rings (SSSR count). The molecule has 0 unspecified atom stereocenters. The first-order valence-corrected chi connectivity index (χ1v) is 8.21. The lowest BCUT2D eigenvalue weighted by Crippen LogP contribution is -2.34. The predicted octanol–water partition coefficient (Wildman–Crippen LogP) is 2.54. The fourth-order valence-electron chi connectivity index (χ4n) is 2.50. The molecule has 134 valence electrons. The Balaban J connectivity index is 2.05. The summed E-state index contributed by atoms with van der Waals surface area (Å²) in [5, 5.41) is 9.74. The zero-order valence-electron chi connectivity index (χ0n) is 15.0. The Kier molecular flexibility index (Phi) is 6.16. The molecule has 0 saturated carbocycles. The lowest BCUT2D eigenvalue weighted by Gasteiger charge is -2.09. The summed E-state index contributed by atoms with van der Waals surface area (Å²) in [6.07, 6.45) is 0. The van der Waals surface area contributed by atoms with Gasteiger partial charge in [-0.3, -0.25) is 9.48 Å². The van der Waals surface area contributed by atoms with E-state index in [0.717, 1.165) is 11.4 Å². The van der Waals surface area contributed by atoms with Crippen LogP contribution in [0.3, 0.4) is 0 Å². The molecular formula is C18H24N4O3. The van der Waals surface area contributed by atoms with Crippen LogP contribution in [0.15, 0.2) is 24.3 Å². The number of anilines is 1. The van der Waals surface area contributed by atoms with Crippen molar-refractivity contribution in [1.82, 2.24) is 15.1 Å². The third-order valence-corrected chi connectivity index (χ3v) is 3.90. The first-order chi connectivity index (χ1) is 11.9. The van der Waals surface area contributed by atoms with Crippen molar-refractivity contribution in [2.24, 2.45) is 0 Å². The van der Waals surface area contributed by atoms with Crippen LogP contribution in [-0.4, -0.2) is 34.9 Å². The molecule has 0 radical (unpaired) electrons. The van der Waals surface area contributed by atoms with Gasteiger partial charge in [-0.2, -0.15) is 5.10 Å². The van der Waals surface area contributed by atoms with Crippen molar-refractivity contribution in [3.8, 4) is 0 Å².